The highest BCUT2D eigenvalue weighted by Crippen LogP contribution is 2.15. The van der Waals surface area contributed by atoms with Crippen LogP contribution in [0.2, 0.25) is 0 Å². The Hall–Kier alpha value is -0.810. The highest BCUT2D eigenvalue weighted by molar-refractivity contribution is 7.85. The van der Waals surface area contributed by atoms with Gasteiger partial charge in [-0.05, 0) is 25.6 Å². The lowest BCUT2D eigenvalue weighted by Crippen LogP contribution is -2.30. The van der Waals surface area contributed by atoms with Crippen LogP contribution in [-0.4, -0.2) is 23.1 Å². The molecule has 0 heterocycles. The maximum Gasteiger partial charge on any atom is 0.142 e. The monoisotopic (exact) mass is 247 g/mol. The number of rotatable bonds is 5. The molecule has 0 saturated heterocycles. The van der Waals surface area contributed by atoms with Crippen LogP contribution in [-0.2, 0) is 10.8 Å². The molecule has 0 aliphatic rings. The van der Waals surface area contributed by atoms with Gasteiger partial charge in [0, 0.05) is 17.9 Å². The zero-order chi connectivity index (χ0) is 12.1. The van der Waals surface area contributed by atoms with Crippen molar-refractivity contribution in [2.75, 3.05) is 12.8 Å². The van der Waals surface area contributed by atoms with Gasteiger partial charge in [0.15, 0.2) is 0 Å². The van der Waals surface area contributed by atoms with Crippen molar-refractivity contribution in [2.24, 2.45) is 0 Å². The molecule has 0 bridgehead atoms. The Bertz CT molecular complexity index is 380. The van der Waals surface area contributed by atoms with Crippen molar-refractivity contribution in [3.8, 4) is 0 Å². The first-order chi connectivity index (χ1) is 7.58. The first-order valence-electron chi connectivity index (χ1n) is 5.09. The Labute approximate surface area is 96.5 Å². The van der Waals surface area contributed by atoms with Gasteiger partial charge in [0.1, 0.15) is 11.6 Å². The van der Waals surface area contributed by atoms with Crippen molar-refractivity contribution in [1.29, 1.82) is 0 Å². The molecule has 0 aliphatic carbocycles. The number of benzene rings is 1. The van der Waals surface area contributed by atoms with Crippen LogP contribution in [0.5, 0.6) is 0 Å². The van der Waals surface area contributed by atoms with Gasteiger partial charge in [-0.3, -0.25) is 4.21 Å². The molecule has 0 aromatic heterocycles. The predicted molar refractivity (Wildman–Crippen MR) is 60.8 cm³/mol. The summed E-state index contributed by atoms with van der Waals surface area (Å²) in [6.45, 7) is 1.96. The SMILES string of the molecule is CCC(CS(=O)c1ccc(F)cc1F)NC. The molecule has 5 heteroatoms. The summed E-state index contributed by atoms with van der Waals surface area (Å²) >= 11 is 0. The van der Waals surface area contributed by atoms with Crippen LogP contribution in [0.15, 0.2) is 23.1 Å². The van der Waals surface area contributed by atoms with E-state index in [0.717, 1.165) is 18.6 Å². The van der Waals surface area contributed by atoms with Crippen LogP contribution in [0.4, 0.5) is 8.78 Å². The van der Waals surface area contributed by atoms with Crippen LogP contribution >= 0.6 is 0 Å². The van der Waals surface area contributed by atoms with Crippen molar-refractivity contribution in [3.63, 3.8) is 0 Å². The molecule has 2 nitrogen and oxygen atoms in total. The third-order valence-electron chi connectivity index (χ3n) is 2.39. The van der Waals surface area contributed by atoms with E-state index in [9.17, 15) is 13.0 Å². The molecule has 2 unspecified atom stereocenters. The predicted octanol–water partition coefficient (Wildman–Crippen LogP) is 2.07. The molecule has 1 rings (SSSR count). The van der Waals surface area contributed by atoms with Crippen LogP contribution in [0, 0.1) is 11.6 Å². The van der Waals surface area contributed by atoms with Gasteiger partial charge in [-0.25, -0.2) is 8.78 Å². The van der Waals surface area contributed by atoms with E-state index < -0.39 is 22.4 Å². The zero-order valence-electron chi connectivity index (χ0n) is 9.30. The maximum absolute atomic E-state index is 13.3. The fraction of sp³-hybridized carbons (Fsp3) is 0.455. The Morgan fingerprint density at radius 3 is 2.62 bits per heavy atom. The highest BCUT2D eigenvalue weighted by atomic mass is 32.2. The largest absolute Gasteiger partial charge is 0.316 e. The molecular weight excluding hydrogens is 232 g/mol. The number of hydrogen-bond acceptors (Lipinski definition) is 2. The Kier molecular flexibility index (Phi) is 5.02. The summed E-state index contributed by atoms with van der Waals surface area (Å²) in [6.07, 6.45) is 0.811. The summed E-state index contributed by atoms with van der Waals surface area (Å²) in [5.74, 6) is -1.07. The molecule has 16 heavy (non-hydrogen) atoms. The van der Waals surface area contributed by atoms with Gasteiger partial charge in [0.25, 0.3) is 0 Å². The molecule has 0 fully saturated rings. The third kappa shape index (κ3) is 3.35. The molecule has 0 aliphatic heterocycles. The molecule has 2 atom stereocenters. The second-order valence-electron chi connectivity index (χ2n) is 3.48. The quantitative estimate of drug-likeness (QED) is 0.863. The summed E-state index contributed by atoms with van der Waals surface area (Å²) < 4.78 is 37.8. The maximum atomic E-state index is 13.3. The minimum atomic E-state index is -1.44. The summed E-state index contributed by atoms with van der Waals surface area (Å²) in [5.41, 5.74) is 0. The van der Waals surface area contributed by atoms with Crippen molar-refractivity contribution >= 4 is 10.8 Å². The van der Waals surface area contributed by atoms with Crippen molar-refractivity contribution < 1.29 is 13.0 Å². The highest BCUT2D eigenvalue weighted by Gasteiger charge is 2.14. The van der Waals surface area contributed by atoms with Crippen molar-refractivity contribution in [2.45, 2.75) is 24.3 Å². The Balaban J connectivity index is 2.80. The average molecular weight is 247 g/mol. The molecule has 90 valence electrons. The average Bonchev–Trinajstić information content (AvgIpc) is 2.25. The molecule has 0 radical (unpaired) electrons. The van der Waals surface area contributed by atoms with Crippen molar-refractivity contribution in [1.82, 2.24) is 5.32 Å². The Morgan fingerprint density at radius 2 is 2.12 bits per heavy atom. The van der Waals surface area contributed by atoms with Gasteiger partial charge in [0.2, 0.25) is 0 Å². The molecule has 0 amide bonds. The normalized spacial score (nSPS) is 14.8. The van der Waals surface area contributed by atoms with Crippen LogP contribution in [0.25, 0.3) is 0 Å². The fourth-order valence-electron chi connectivity index (χ4n) is 1.34. The summed E-state index contributed by atoms with van der Waals surface area (Å²) in [4.78, 5) is 0.0649. The van der Waals surface area contributed by atoms with E-state index in [-0.39, 0.29) is 10.9 Å². The van der Waals surface area contributed by atoms with E-state index in [1.807, 2.05) is 6.92 Å². The van der Waals surface area contributed by atoms with E-state index in [2.05, 4.69) is 5.32 Å². The van der Waals surface area contributed by atoms with Crippen LogP contribution in [0.1, 0.15) is 13.3 Å². The van der Waals surface area contributed by atoms with Crippen LogP contribution in [0.3, 0.4) is 0 Å². The first-order valence-corrected chi connectivity index (χ1v) is 6.41. The number of halogens is 2. The van der Waals surface area contributed by atoms with Gasteiger partial charge in [0.05, 0.1) is 15.7 Å². The summed E-state index contributed by atoms with van der Waals surface area (Å²) in [5, 5.41) is 2.99. The van der Waals surface area contributed by atoms with E-state index in [0.29, 0.717) is 5.75 Å². The lowest BCUT2D eigenvalue weighted by Gasteiger charge is -2.13. The second-order valence-corrected chi connectivity index (χ2v) is 4.94. The third-order valence-corrected chi connectivity index (χ3v) is 3.92. The fourth-order valence-corrected chi connectivity index (χ4v) is 2.78. The topological polar surface area (TPSA) is 29.1 Å². The minimum Gasteiger partial charge on any atom is -0.316 e. The van der Waals surface area contributed by atoms with Gasteiger partial charge < -0.3 is 5.32 Å². The summed E-state index contributed by atoms with van der Waals surface area (Å²) in [6, 6.07) is 3.19. The van der Waals surface area contributed by atoms with Gasteiger partial charge in [-0.15, -0.1) is 0 Å². The molecule has 1 aromatic rings. The second kappa shape index (κ2) is 6.06. The molecule has 0 spiro atoms. The first kappa shape index (κ1) is 13.3. The van der Waals surface area contributed by atoms with Gasteiger partial charge in [-0.2, -0.15) is 0 Å². The smallest absolute Gasteiger partial charge is 0.142 e. The molecule has 1 N–H and O–H groups in total. The lowest BCUT2D eigenvalue weighted by atomic mass is 10.3. The Morgan fingerprint density at radius 1 is 1.44 bits per heavy atom. The van der Waals surface area contributed by atoms with E-state index in [4.69, 9.17) is 0 Å². The minimum absolute atomic E-state index is 0.0649. The molecule has 1 aromatic carbocycles. The number of nitrogens with one attached hydrogen (secondary N) is 1. The summed E-state index contributed by atoms with van der Waals surface area (Å²) in [7, 11) is 0.333. The van der Waals surface area contributed by atoms with E-state index >= 15 is 0 Å². The van der Waals surface area contributed by atoms with Crippen molar-refractivity contribution in [3.05, 3.63) is 29.8 Å². The van der Waals surface area contributed by atoms with Gasteiger partial charge in [-0.1, -0.05) is 6.92 Å². The molecule has 0 saturated carbocycles. The number of hydrogen-bond donors (Lipinski definition) is 1. The molecular formula is C11H15F2NOS. The standard InChI is InChI=1S/C11H15F2NOS/c1-3-9(14-2)7-16(15)11-5-4-8(12)6-10(11)13/h4-6,9,14H,3,7H2,1-2H3. The van der Waals surface area contributed by atoms with Gasteiger partial charge >= 0.3 is 0 Å². The van der Waals surface area contributed by atoms with E-state index in [1.165, 1.54) is 6.07 Å². The zero-order valence-corrected chi connectivity index (χ0v) is 10.1. The lowest BCUT2D eigenvalue weighted by molar-refractivity contribution is 0.558. The van der Waals surface area contributed by atoms with Crippen LogP contribution < -0.4 is 5.32 Å². The van der Waals surface area contributed by atoms with E-state index in [1.54, 1.807) is 7.05 Å².